The zero-order valence-electron chi connectivity index (χ0n) is 19.6. The van der Waals surface area contributed by atoms with Crippen LogP contribution in [0.25, 0.3) is 11.0 Å². The molecule has 0 saturated carbocycles. The molecule has 0 aliphatic rings. The quantitative estimate of drug-likeness (QED) is 0.435. The molecule has 0 unspecified atom stereocenters. The summed E-state index contributed by atoms with van der Waals surface area (Å²) in [6.45, 7) is 2.51. The van der Waals surface area contributed by atoms with Crippen LogP contribution in [0.4, 0.5) is 9.18 Å². The van der Waals surface area contributed by atoms with Gasteiger partial charge in [0.2, 0.25) is 0 Å². The van der Waals surface area contributed by atoms with Crippen LogP contribution in [-0.4, -0.2) is 49.8 Å². The molecule has 33 heavy (non-hydrogen) atoms. The highest BCUT2D eigenvalue weighted by atomic mass is 32.2. The van der Waals surface area contributed by atoms with Gasteiger partial charge in [0, 0.05) is 49.8 Å². The van der Waals surface area contributed by atoms with Crippen molar-refractivity contribution in [3.8, 4) is 5.75 Å². The Hall–Kier alpha value is -2.84. The van der Waals surface area contributed by atoms with Crippen molar-refractivity contribution in [3.05, 3.63) is 74.9 Å². The van der Waals surface area contributed by atoms with Crippen LogP contribution in [0, 0.1) is 5.82 Å². The number of halogens is 1. The number of hydrogen-bond acceptors (Lipinski definition) is 6. The first-order valence-corrected chi connectivity index (χ1v) is 11.8. The molecule has 1 amide bonds. The maximum Gasteiger partial charge on any atom is 0.414 e. The molecule has 0 atom stereocenters. The normalized spacial score (nSPS) is 11.2. The number of rotatable bonds is 8. The molecule has 0 saturated heterocycles. The lowest BCUT2D eigenvalue weighted by Gasteiger charge is -2.17. The minimum absolute atomic E-state index is 0.134. The Labute approximate surface area is 197 Å². The fourth-order valence-corrected chi connectivity index (χ4v) is 4.15. The number of fused-ring (bicyclic) bond motifs is 1. The Morgan fingerprint density at radius 2 is 1.82 bits per heavy atom. The van der Waals surface area contributed by atoms with Crippen LogP contribution in [0.2, 0.25) is 0 Å². The minimum Gasteiger partial charge on any atom is -0.422 e. The van der Waals surface area contributed by atoms with Crippen LogP contribution in [-0.2, 0) is 18.7 Å². The van der Waals surface area contributed by atoms with E-state index < -0.39 is 11.7 Å². The molecule has 0 bridgehead atoms. The summed E-state index contributed by atoms with van der Waals surface area (Å²) in [4.78, 5) is 28.2. The number of benzene rings is 2. The van der Waals surface area contributed by atoms with Crippen molar-refractivity contribution < 1.29 is 18.3 Å². The maximum absolute atomic E-state index is 15.2. The molecule has 2 aromatic carbocycles. The highest BCUT2D eigenvalue weighted by Crippen LogP contribution is 2.28. The average Bonchev–Trinajstić information content (AvgIpc) is 2.75. The van der Waals surface area contributed by atoms with Gasteiger partial charge in [-0.15, -0.1) is 0 Å². The summed E-state index contributed by atoms with van der Waals surface area (Å²) in [6.07, 6.45) is -0.395. The van der Waals surface area contributed by atoms with Crippen molar-refractivity contribution in [2.45, 2.75) is 25.6 Å². The van der Waals surface area contributed by atoms with E-state index in [1.54, 1.807) is 50.1 Å². The second-order valence-electron chi connectivity index (χ2n) is 8.21. The van der Waals surface area contributed by atoms with E-state index in [2.05, 4.69) is 0 Å². The van der Waals surface area contributed by atoms with E-state index in [0.717, 1.165) is 16.7 Å². The van der Waals surface area contributed by atoms with Crippen LogP contribution >= 0.6 is 11.8 Å². The van der Waals surface area contributed by atoms with Crippen molar-refractivity contribution in [1.29, 1.82) is 0 Å². The fraction of sp³-hybridized carbons (Fsp3) is 0.360. The van der Waals surface area contributed by atoms with E-state index in [4.69, 9.17) is 9.15 Å². The SMILES string of the molecule is CCSCc1cccc(Cc2c(CN(C)C)c3ccc(OC(=O)N(C)C)cc3oc2=O)c1F. The van der Waals surface area contributed by atoms with Crippen LogP contribution in [0.1, 0.15) is 29.2 Å². The number of amides is 1. The van der Waals surface area contributed by atoms with E-state index in [1.807, 2.05) is 32.0 Å². The standard InChI is InChI=1S/C25H29FN2O4S/c1-6-33-15-17-9-7-8-16(23(17)26)12-20-21(14-27(2)3)19-11-10-18(31-25(30)28(4)5)13-22(19)32-24(20)29/h7-11,13H,6,12,14-15H2,1-5H3. The third-order valence-electron chi connectivity index (χ3n) is 5.12. The van der Waals surface area contributed by atoms with Crippen LogP contribution < -0.4 is 10.4 Å². The van der Waals surface area contributed by atoms with E-state index in [9.17, 15) is 9.59 Å². The van der Waals surface area contributed by atoms with Gasteiger partial charge in [-0.2, -0.15) is 11.8 Å². The van der Waals surface area contributed by atoms with E-state index in [-0.39, 0.29) is 18.0 Å². The van der Waals surface area contributed by atoms with Gasteiger partial charge in [0.1, 0.15) is 17.1 Å². The molecule has 176 valence electrons. The predicted octanol–water partition coefficient (Wildman–Crippen LogP) is 4.90. The molecule has 3 rings (SSSR count). The van der Waals surface area contributed by atoms with Gasteiger partial charge in [-0.05, 0) is 48.7 Å². The van der Waals surface area contributed by atoms with Gasteiger partial charge >= 0.3 is 11.7 Å². The fourth-order valence-electron chi connectivity index (χ4n) is 3.50. The first-order chi connectivity index (χ1) is 15.7. The number of carbonyl (C=O) groups is 1. The van der Waals surface area contributed by atoms with Crippen molar-refractivity contribution in [3.63, 3.8) is 0 Å². The number of thioether (sulfide) groups is 1. The first kappa shape index (κ1) is 24.8. The van der Waals surface area contributed by atoms with Crippen molar-refractivity contribution in [1.82, 2.24) is 9.80 Å². The zero-order valence-corrected chi connectivity index (χ0v) is 20.4. The Morgan fingerprint density at radius 1 is 1.09 bits per heavy atom. The first-order valence-electron chi connectivity index (χ1n) is 10.7. The number of hydrogen-bond donors (Lipinski definition) is 0. The second kappa shape index (κ2) is 10.9. The third-order valence-corrected chi connectivity index (χ3v) is 6.05. The van der Waals surface area contributed by atoms with Gasteiger partial charge in [0.05, 0.1) is 0 Å². The van der Waals surface area contributed by atoms with Gasteiger partial charge in [-0.3, -0.25) is 0 Å². The molecule has 1 heterocycles. The highest BCUT2D eigenvalue weighted by molar-refractivity contribution is 7.98. The molecule has 1 aromatic heterocycles. The number of carbonyl (C=O) groups excluding carboxylic acids is 1. The van der Waals surface area contributed by atoms with Crippen molar-refractivity contribution in [2.24, 2.45) is 0 Å². The molecule has 6 nitrogen and oxygen atoms in total. The summed E-state index contributed by atoms with van der Waals surface area (Å²) in [6, 6.07) is 10.3. The minimum atomic E-state index is -0.529. The highest BCUT2D eigenvalue weighted by Gasteiger charge is 2.19. The lowest BCUT2D eigenvalue weighted by atomic mass is 9.97. The molecule has 0 aliphatic carbocycles. The monoisotopic (exact) mass is 472 g/mol. The number of ether oxygens (including phenoxy) is 1. The zero-order chi connectivity index (χ0) is 24.1. The Morgan fingerprint density at radius 3 is 2.48 bits per heavy atom. The Balaban J connectivity index is 2.07. The van der Waals surface area contributed by atoms with Gasteiger partial charge in [0.15, 0.2) is 0 Å². The molecular weight excluding hydrogens is 443 g/mol. The lowest BCUT2D eigenvalue weighted by Crippen LogP contribution is -2.25. The molecular formula is C25H29FN2O4S. The lowest BCUT2D eigenvalue weighted by molar-refractivity contribution is 0.172. The molecule has 3 aromatic rings. The largest absolute Gasteiger partial charge is 0.422 e. The summed E-state index contributed by atoms with van der Waals surface area (Å²) in [5, 5.41) is 0.723. The van der Waals surface area contributed by atoms with Crippen LogP contribution in [0.3, 0.4) is 0 Å². The van der Waals surface area contributed by atoms with E-state index in [1.165, 1.54) is 11.0 Å². The van der Waals surface area contributed by atoms with Gasteiger partial charge in [-0.25, -0.2) is 14.0 Å². The van der Waals surface area contributed by atoms with Crippen LogP contribution in [0.5, 0.6) is 5.75 Å². The molecule has 0 N–H and O–H groups in total. The second-order valence-corrected chi connectivity index (χ2v) is 9.48. The van der Waals surface area contributed by atoms with E-state index >= 15 is 4.39 Å². The molecule has 0 spiro atoms. The van der Waals surface area contributed by atoms with Crippen molar-refractivity contribution >= 4 is 28.8 Å². The van der Waals surface area contributed by atoms with E-state index in [0.29, 0.717) is 34.6 Å². The average molecular weight is 473 g/mol. The smallest absolute Gasteiger partial charge is 0.414 e. The molecule has 0 radical (unpaired) electrons. The van der Waals surface area contributed by atoms with Gasteiger partial charge < -0.3 is 19.0 Å². The van der Waals surface area contributed by atoms with Crippen LogP contribution in [0.15, 0.2) is 45.6 Å². The Bertz CT molecular complexity index is 1210. The van der Waals surface area contributed by atoms with Gasteiger partial charge in [0.25, 0.3) is 0 Å². The summed E-state index contributed by atoms with van der Waals surface area (Å²) in [5.41, 5.74) is 2.08. The molecule has 8 heteroatoms. The summed E-state index contributed by atoms with van der Waals surface area (Å²) < 4.78 is 26.0. The predicted molar refractivity (Wildman–Crippen MR) is 131 cm³/mol. The number of nitrogens with zero attached hydrogens (tertiary/aromatic N) is 2. The summed E-state index contributed by atoms with van der Waals surface area (Å²) in [5.74, 6) is 1.48. The topological polar surface area (TPSA) is 63.0 Å². The Kier molecular flexibility index (Phi) is 8.15. The summed E-state index contributed by atoms with van der Waals surface area (Å²) >= 11 is 1.65. The molecule has 0 aliphatic heterocycles. The van der Waals surface area contributed by atoms with Crippen molar-refractivity contribution in [2.75, 3.05) is 33.9 Å². The molecule has 0 fully saturated rings. The maximum atomic E-state index is 15.2. The third kappa shape index (κ3) is 5.94. The summed E-state index contributed by atoms with van der Waals surface area (Å²) in [7, 11) is 6.97. The van der Waals surface area contributed by atoms with Gasteiger partial charge in [-0.1, -0.05) is 25.1 Å².